The second kappa shape index (κ2) is 6.98. The molecule has 0 aliphatic rings. The van der Waals surface area contributed by atoms with E-state index in [2.05, 4.69) is 4.74 Å². The Morgan fingerprint density at radius 1 is 1.47 bits per heavy atom. The highest BCUT2D eigenvalue weighted by molar-refractivity contribution is 7.99. The summed E-state index contributed by atoms with van der Waals surface area (Å²) in [6.07, 6.45) is 0. The van der Waals surface area contributed by atoms with Crippen molar-refractivity contribution in [3.63, 3.8) is 0 Å². The summed E-state index contributed by atoms with van der Waals surface area (Å²) in [5, 5.41) is 11.0. The SMILES string of the molecule is COC(=O)C(C)CSc1c(Cl)cc([N+](=O)[O-])cc1Cl. The zero-order chi connectivity index (χ0) is 14.6. The third-order valence-corrected chi connectivity index (χ3v) is 4.49. The third-order valence-electron chi connectivity index (χ3n) is 2.28. The van der Waals surface area contributed by atoms with E-state index < -0.39 is 4.92 Å². The molecule has 0 amide bonds. The first kappa shape index (κ1) is 16.1. The van der Waals surface area contributed by atoms with Gasteiger partial charge in [0, 0.05) is 22.8 Å². The molecule has 0 aromatic heterocycles. The highest BCUT2D eigenvalue weighted by Crippen LogP contribution is 2.38. The van der Waals surface area contributed by atoms with E-state index in [1.807, 2.05) is 0 Å². The quantitative estimate of drug-likeness (QED) is 0.356. The van der Waals surface area contributed by atoms with Crippen molar-refractivity contribution in [1.82, 2.24) is 0 Å². The number of non-ortho nitro benzene ring substituents is 1. The number of ether oxygens (including phenoxy) is 1. The van der Waals surface area contributed by atoms with Gasteiger partial charge in [0.1, 0.15) is 0 Å². The van der Waals surface area contributed by atoms with Gasteiger partial charge in [0.25, 0.3) is 5.69 Å². The number of nitro groups is 1. The van der Waals surface area contributed by atoms with Crippen LogP contribution >= 0.6 is 35.0 Å². The molecule has 0 spiro atoms. The van der Waals surface area contributed by atoms with Gasteiger partial charge in [0.15, 0.2) is 0 Å². The number of hydrogen-bond donors (Lipinski definition) is 0. The monoisotopic (exact) mass is 323 g/mol. The maximum atomic E-state index is 11.3. The van der Waals surface area contributed by atoms with Gasteiger partial charge >= 0.3 is 5.97 Å². The molecule has 8 heteroatoms. The first-order valence-electron chi connectivity index (χ1n) is 5.20. The van der Waals surface area contributed by atoms with E-state index in [0.29, 0.717) is 10.6 Å². The molecular weight excluding hydrogens is 313 g/mol. The first-order chi connectivity index (χ1) is 8.86. The predicted molar refractivity (Wildman–Crippen MR) is 75.0 cm³/mol. The third kappa shape index (κ3) is 4.26. The summed E-state index contributed by atoms with van der Waals surface area (Å²) in [7, 11) is 1.31. The highest BCUT2D eigenvalue weighted by Gasteiger charge is 2.18. The van der Waals surface area contributed by atoms with Crippen LogP contribution in [0.4, 0.5) is 5.69 Å². The minimum Gasteiger partial charge on any atom is -0.469 e. The largest absolute Gasteiger partial charge is 0.469 e. The molecule has 0 N–H and O–H groups in total. The Labute approximate surface area is 124 Å². The van der Waals surface area contributed by atoms with Crippen LogP contribution in [-0.2, 0) is 9.53 Å². The van der Waals surface area contributed by atoms with Crippen molar-refractivity contribution in [1.29, 1.82) is 0 Å². The molecule has 1 aromatic carbocycles. The molecule has 104 valence electrons. The van der Waals surface area contributed by atoms with Gasteiger partial charge in [0.2, 0.25) is 0 Å². The molecule has 0 heterocycles. The maximum Gasteiger partial charge on any atom is 0.309 e. The Bertz CT molecular complexity index is 486. The molecule has 0 saturated carbocycles. The lowest BCUT2D eigenvalue weighted by atomic mass is 10.2. The zero-order valence-corrected chi connectivity index (χ0v) is 12.5. The van der Waals surface area contributed by atoms with Gasteiger partial charge in [0.05, 0.1) is 28.0 Å². The fraction of sp³-hybridized carbons (Fsp3) is 0.364. The number of benzene rings is 1. The molecule has 1 atom stereocenters. The molecule has 0 saturated heterocycles. The van der Waals surface area contributed by atoms with E-state index in [9.17, 15) is 14.9 Å². The lowest BCUT2D eigenvalue weighted by Crippen LogP contribution is -2.14. The Hall–Kier alpha value is -0.980. The Morgan fingerprint density at radius 3 is 2.42 bits per heavy atom. The van der Waals surface area contributed by atoms with Crippen LogP contribution in [0.2, 0.25) is 10.0 Å². The van der Waals surface area contributed by atoms with Gasteiger partial charge < -0.3 is 4.74 Å². The summed E-state index contributed by atoms with van der Waals surface area (Å²) in [4.78, 5) is 21.8. The average molecular weight is 324 g/mol. The standard InChI is InChI=1S/C11H11Cl2NO4S/c1-6(11(15)18-2)5-19-10-8(12)3-7(14(16)17)4-9(10)13/h3-4,6H,5H2,1-2H3. The van der Waals surface area contributed by atoms with E-state index in [4.69, 9.17) is 23.2 Å². The zero-order valence-electron chi connectivity index (χ0n) is 10.2. The number of methoxy groups -OCH3 is 1. The Morgan fingerprint density at radius 2 is 2.00 bits per heavy atom. The smallest absolute Gasteiger partial charge is 0.309 e. The van der Waals surface area contributed by atoms with E-state index in [-0.39, 0.29) is 27.6 Å². The van der Waals surface area contributed by atoms with Gasteiger partial charge in [-0.05, 0) is 0 Å². The van der Waals surface area contributed by atoms with E-state index in [1.165, 1.54) is 31.0 Å². The molecule has 1 rings (SSSR count). The molecular formula is C11H11Cl2NO4S. The normalized spacial score (nSPS) is 12.0. The fourth-order valence-electron chi connectivity index (χ4n) is 1.27. The van der Waals surface area contributed by atoms with E-state index in [1.54, 1.807) is 6.92 Å². The van der Waals surface area contributed by atoms with Crippen LogP contribution in [0.3, 0.4) is 0 Å². The average Bonchev–Trinajstić information content (AvgIpc) is 2.36. The number of halogens is 2. The number of thioether (sulfide) groups is 1. The number of esters is 1. The van der Waals surface area contributed by atoms with Crippen molar-refractivity contribution < 1.29 is 14.5 Å². The van der Waals surface area contributed by atoms with Gasteiger partial charge in [-0.25, -0.2) is 0 Å². The summed E-state index contributed by atoms with van der Waals surface area (Å²) >= 11 is 13.2. The molecule has 0 aliphatic carbocycles. The number of rotatable bonds is 5. The molecule has 0 bridgehead atoms. The summed E-state index contributed by atoms with van der Waals surface area (Å²) in [5.41, 5.74) is -0.166. The number of carbonyl (C=O) groups excluding carboxylic acids is 1. The second-order valence-electron chi connectivity index (χ2n) is 3.73. The molecule has 19 heavy (non-hydrogen) atoms. The van der Waals surface area contributed by atoms with Crippen molar-refractivity contribution in [3.8, 4) is 0 Å². The molecule has 1 aromatic rings. The summed E-state index contributed by atoms with van der Waals surface area (Å²) < 4.78 is 4.60. The number of nitrogens with zero attached hydrogens (tertiary/aromatic N) is 1. The molecule has 0 radical (unpaired) electrons. The first-order valence-corrected chi connectivity index (χ1v) is 6.95. The van der Waals surface area contributed by atoms with Gasteiger partial charge in [-0.2, -0.15) is 0 Å². The van der Waals surface area contributed by atoms with Crippen LogP contribution < -0.4 is 0 Å². The molecule has 0 aliphatic heterocycles. The van der Waals surface area contributed by atoms with Crippen molar-refractivity contribution in [3.05, 3.63) is 32.3 Å². The lowest BCUT2D eigenvalue weighted by Gasteiger charge is -2.10. The van der Waals surface area contributed by atoms with Gasteiger partial charge in [-0.3, -0.25) is 14.9 Å². The molecule has 1 unspecified atom stereocenters. The van der Waals surface area contributed by atoms with E-state index >= 15 is 0 Å². The van der Waals surface area contributed by atoms with Crippen LogP contribution in [-0.4, -0.2) is 23.8 Å². The topological polar surface area (TPSA) is 69.4 Å². The van der Waals surface area contributed by atoms with Crippen LogP contribution in [0.1, 0.15) is 6.92 Å². The van der Waals surface area contributed by atoms with Crippen molar-refractivity contribution in [2.75, 3.05) is 12.9 Å². The summed E-state index contributed by atoms with van der Waals surface area (Å²) in [6.45, 7) is 1.71. The lowest BCUT2D eigenvalue weighted by molar-refractivity contribution is -0.384. The number of nitro benzene ring substituents is 1. The van der Waals surface area contributed by atoms with Crippen LogP contribution in [0.5, 0.6) is 0 Å². The van der Waals surface area contributed by atoms with Crippen LogP contribution in [0, 0.1) is 16.0 Å². The van der Waals surface area contributed by atoms with Gasteiger partial charge in [-0.1, -0.05) is 30.1 Å². The Balaban J connectivity index is 2.85. The molecule has 5 nitrogen and oxygen atoms in total. The maximum absolute atomic E-state index is 11.3. The number of hydrogen-bond acceptors (Lipinski definition) is 5. The Kier molecular flexibility index (Phi) is 5.90. The fourth-order valence-corrected chi connectivity index (χ4v) is 3.02. The predicted octanol–water partition coefficient (Wildman–Crippen LogP) is 3.80. The van der Waals surface area contributed by atoms with Crippen LogP contribution in [0.25, 0.3) is 0 Å². The van der Waals surface area contributed by atoms with E-state index in [0.717, 1.165) is 0 Å². The summed E-state index contributed by atoms with van der Waals surface area (Å²) in [5.74, 6) is -0.233. The second-order valence-corrected chi connectivity index (χ2v) is 5.58. The van der Waals surface area contributed by atoms with Crippen molar-refractivity contribution in [2.45, 2.75) is 11.8 Å². The van der Waals surface area contributed by atoms with Crippen molar-refractivity contribution >= 4 is 46.6 Å². The molecule has 0 fully saturated rings. The number of carbonyl (C=O) groups is 1. The minimum absolute atomic E-state index is 0.166. The van der Waals surface area contributed by atoms with Crippen LogP contribution in [0.15, 0.2) is 17.0 Å². The summed E-state index contributed by atoms with van der Waals surface area (Å²) in [6, 6.07) is 2.47. The van der Waals surface area contributed by atoms with Gasteiger partial charge in [-0.15, -0.1) is 11.8 Å². The van der Waals surface area contributed by atoms with Crippen molar-refractivity contribution in [2.24, 2.45) is 5.92 Å². The highest BCUT2D eigenvalue weighted by atomic mass is 35.5. The minimum atomic E-state index is -0.566.